The van der Waals surface area contributed by atoms with Crippen LogP contribution >= 0.6 is 0 Å². The molecule has 1 amide bonds. The summed E-state index contributed by atoms with van der Waals surface area (Å²) in [6.07, 6.45) is 3.20. The molecule has 26 heavy (non-hydrogen) atoms. The van der Waals surface area contributed by atoms with Crippen LogP contribution in [0.15, 0.2) is 24.3 Å². The van der Waals surface area contributed by atoms with Crippen LogP contribution in [0.25, 0.3) is 0 Å². The van der Waals surface area contributed by atoms with Gasteiger partial charge in [-0.05, 0) is 45.5 Å². The van der Waals surface area contributed by atoms with E-state index in [4.69, 9.17) is 9.47 Å². The molecule has 1 N–H and O–H groups in total. The van der Waals surface area contributed by atoms with Gasteiger partial charge >= 0.3 is 0 Å². The van der Waals surface area contributed by atoms with Crippen LogP contribution < -0.4 is 10.2 Å². The fraction of sp³-hybridized carbons (Fsp3) is 0.650. The monoisotopic (exact) mass is 361 g/mol. The Bertz CT molecular complexity index is 587. The maximum absolute atomic E-state index is 13.0. The zero-order valence-electron chi connectivity index (χ0n) is 15.9. The van der Waals surface area contributed by atoms with Crippen LogP contribution in [0.5, 0.6) is 0 Å². The lowest BCUT2D eigenvalue weighted by molar-refractivity contribution is -0.0561. The Hall–Kier alpha value is -1.63. The van der Waals surface area contributed by atoms with Crippen molar-refractivity contribution < 1.29 is 14.3 Å². The third-order valence-corrected chi connectivity index (χ3v) is 5.08. The molecule has 2 heterocycles. The SMILES string of the molecule is CN(C)CCO[C@H]1CCOC[C@H]1NC(=O)c1ccccc1N1CCCC1. The molecular weight excluding hydrogens is 330 g/mol. The van der Waals surface area contributed by atoms with E-state index >= 15 is 0 Å². The van der Waals surface area contributed by atoms with E-state index in [9.17, 15) is 4.79 Å². The average molecular weight is 361 g/mol. The second kappa shape index (κ2) is 9.35. The number of carbonyl (C=O) groups excluding carboxylic acids is 1. The van der Waals surface area contributed by atoms with Gasteiger partial charge in [-0.15, -0.1) is 0 Å². The summed E-state index contributed by atoms with van der Waals surface area (Å²) >= 11 is 0. The quantitative estimate of drug-likeness (QED) is 0.802. The van der Waals surface area contributed by atoms with Crippen LogP contribution in [0.3, 0.4) is 0 Å². The van der Waals surface area contributed by atoms with Gasteiger partial charge in [-0.1, -0.05) is 12.1 Å². The zero-order valence-corrected chi connectivity index (χ0v) is 15.9. The number of anilines is 1. The van der Waals surface area contributed by atoms with Gasteiger partial charge in [0.05, 0.1) is 30.9 Å². The van der Waals surface area contributed by atoms with E-state index in [1.807, 2.05) is 38.4 Å². The van der Waals surface area contributed by atoms with Gasteiger partial charge in [-0.25, -0.2) is 0 Å². The van der Waals surface area contributed by atoms with E-state index in [2.05, 4.69) is 15.1 Å². The zero-order chi connectivity index (χ0) is 18.4. The Morgan fingerprint density at radius 1 is 1.31 bits per heavy atom. The molecular formula is C20H31N3O3. The fourth-order valence-corrected chi connectivity index (χ4v) is 3.58. The van der Waals surface area contributed by atoms with Gasteiger partial charge in [-0.2, -0.15) is 0 Å². The molecule has 6 nitrogen and oxygen atoms in total. The summed E-state index contributed by atoms with van der Waals surface area (Å²) in [7, 11) is 4.06. The first kappa shape index (κ1) is 19.1. The molecule has 0 unspecified atom stereocenters. The van der Waals surface area contributed by atoms with E-state index < -0.39 is 0 Å². The van der Waals surface area contributed by atoms with Gasteiger partial charge in [0, 0.05) is 31.9 Å². The maximum Gasteiger partial charge on any atom is 0.253 e. The highest BCUT2D eigenvalue weighted by molar-refractivity contribution is 6.00. The molecule has 3 rings (SSSR count). The van der Waals surface area contributed by atoms with Gasteiger partial charge in [0.1, 0.15) is 0 Å². The largest absolute Gasteiger partial charge is 0.379 e. The Morgan fingerprint density at radius 3 is 2.85 bits per heavy atom. The van der Waals surface area contributed by atoms with Crippen molar-refractivity contribution in [3.05, 3.63) is 29.8 Å². The summed E-state index contributed by atoms with van der Waals surface area (Å²) in [6, 6.07) is 7.78. The van der Waals surface area contributed by atoms with Crippen molar-refractivity contribution >= 4 is 11.6 Å². The van der Waals surface area contributed by atoms with Crippen LogP contribution in [0.1, 0.15) is 29.6 Å². The summed E-state index contributed by atoms with van der Waals surface area (Å²) in [5, 5.41) is 3.16. The molecule has 0 aromatic heterocycles. The number of benzene rings is 1. The lowest BCUT2D eigenvalue weighted by Crippen LogP contribution is -2.51. The number of rotatable bonds is 7. The molecule has 2 fully saturated rings. The van der Waals surface area contributed by atoms with Gasteiger partial charge in [-0.3, -0.25) is 4.79 Å². The number of para-hydroxylation sites is 1. The number of amides is 1. The topological polar surface area (TPSA) is 54.0 Å². The summed E-state index contributed by atoms with van der Waals surface area (Å²) in [6.45, 7) is 4.76. The number of ether oxygens (including phenoxy) is 2. The van der Waals surface area contributed by atoms with Gasteiger partial charge in [0.25, 0.3) is 5.91 Å². The lowest BCUT2D eigenvalue weighted by atomic mass is 10.0. The molecule has 1 aromatic rings. The third kappa shape index (κ3) is 4.96. The van der Waals surface area contributed by atoms with E-state index in [1.54, 1.807) is 0 Å². The van der Waals surface area contributed by atoms with Gasteiger partial charge in [0.2, 0.25) is 0 Å². The number of hydrogen-bond acceptors (Lipinski definition) is 5. The molecule has 0 aliphatic carbocycles. The molecule has 0 radical (unpaired) electrons. The molecule has 2 aliphatic rings. The van der Waals surface area contributed by atoms with Crippen LogP contribution in [0.2, 0.25) is 0 Å². The second-order valence-corrected chi connectivity index (χ2v) is 7.37. The van der Waals surface area contributed by atoms with E-state index in [1.165, 1.54) is 12.8 Å². The number of hydrogen-bond donors (Lipinski definition) is 1. The Balaban J connectivity index is 1.64. The highest BCUT2D eigenvalue weighted by atomic mass is 16.5. The predicted octanol–water partition coefficient (Wildman–Crippen LogP) is 1.75. The van der Waals surface area contributed by atoms with Crippen LogP contribution in [0.4, 0.5) is 5.69 Å². The Labute approximate surface area is 156 Å². The number of carbonyl (C=O) groups is 1. The smallest absolute Gasteiger partial charge is 0.253 e. The van der Waals surface area contributed by atoms with Crippen LogP contribution in [-0.4, -0.2) is 76.5 Å². The van der Waals surface area contributed by atoms with Crippen molar-refractivity contribution in [1.82, 2.24) is 10.2 Å². The minimum atomic E-state index is -0.106. The highest BCUT2D eigenvalue weighted by Gasteiger charge is 2.29. The Kier molecular flexibility index (Phi) is 6.88. The second-order valence-electron chi connectivity index (χ2n) is 7.37. The van der Waals surface area contributed by atoms with E-state index in [0.717, 1.165) is 37.3 Å². The standard InChI is InChI=1S/C20H31N3O3/c1-22(2)12-14-26-19-9-13-25-15-17(19)21-20(24)16-7-3-4-8-18(16)23-10-5-6-11-23/h3-4,7-8,17,19H,5-6,9-15H2,1-2H3,(H,21,24)/t17-,19+/m1/s1. The molecule has 0 spiro atoms. The van der Waals surface area contributed by atoms with Gasteiger partial charge < -0.3 is 24.6 Å². The molecule has 2 aliphatic heterocycles. The van der Waals surface area contributed by atoms with E-state index in [0.29, 0.717) is 19.8 Å². The summed E-state index contributed by atoms with van der Waals surface area (Å²) in [5.74, 6) is -0.0378. The normalized spacial score (nSPS) is 23.4. The van der Waals surface area contributed by atoms with E-state index in [-0.39, 0.29) is 18.1 Å². The van der Waals surface area contributed by atoms with Crippen molar-refractivity contribution in [1.29, 1.82) is 0 Å². The first-order valence-corrected chi connectivity index (χ1v) is 9.64. The first-order valence-electron chi connectivity index (χ1n) is 9.64. The molecule has 0 saturated carbocycles. The van der Waals surface area contributed by atoms with Crippen LogP contribution in [-0.2, 0) is 9.47 Å². The van der Waals surface area contributed by atoms with Crippen molar-refractivity contribution in [2.24, 2.45) is 0 Å². The molecule has 1 aromatic carbocycles. The molecule has 6 heteroatoms. The summed E-state index contributed by atoms with van der Waals surface area (Å²) < 4.78 is 11.6. The molecule has 144 valence electrons. The minimum absolute atomic E-state index is 0.00611. The van der Waals surface area contributed by atoms with Gasteiger partial charge in [0.15, 0.2) is 0 Å². The Morgan fingerprint density at radius 2 is 2.08 bits per heavy atom. The third-order valence-electron chi connectivity index (χ3n) is 5.08. The number of nitrogens with zero attached hydrogens (tertiary/aromatic N) is 2. The predicted molar refractivity (Wildman–Crippen MR) is 103 cm³/mol. The average Bonchev–Trinajstić information content (AvgIpc) is 3.17. The summed E-state index contributed by atoms with van der Waals surface area (Å²) in [5.41, 5.74) is 1.77. The highest BCUT2D eigenvalue weighted by Crippen LogP contribution is 2.25. The van der Waals surface area contributed by atoms with Crippen molar-refractivity contribution in [2.75, 3.05) is 58.5 Å². The lowest BCUT2D eigenvalue weighted by Gasteiger charge is -2.33. The van der Waals surface area contributed by atoms with Crippen molar-refractivity contribution in [3.8, 4) is 0 Å². The van der Waals surface area contributed by atoms with Crippen molar-refractivity contribution in [3.63, 3.8) is 0 Å². The molecule has 2 atom stereocenters. The molecule has 0 bridgehead atoms. The van der Waals surface area contributed by atoms with Crippen molar-refractivity contribution in [2.45, 2.75) is 31.4 Å². The number of nitrogens with one attached hydrogen (secondary N) is 1. The molecule has 2 saturated heterocycles. The number of likely N-dealkylation sites (N-methyl/N-ethyl adjacent to an activating group) is 1. The van der Waals surface area contributed by atoms with Crippen LogP contribution in [0, 0.1) is 0 Å². The fourth-order valence-electron chi connectivity index (χ4n) is 3.58. The maximum atomic E-state index is 13.0. The summed E-state index contributed by atoms with van der Waals surface area (Å²) in [4.78, 5) is 17.4. The minimum Gasteiger partial charge on any atom is -0.379 e. The first-order chi connectivity index (χ1) is 12.6.